The number of aryl methyl sites for hydroxylation is 1. The van der Waals surface area contributed by atoms with E-state index in [-0.39, 0.29) is 23.7 Å². The Morgan fingerprint density at radius 1 is 1.39 bits per heavy atom. The van der Waals surface area contributed by atoms with E-state index in [1.54, 1.807) is 0 Å². The molecule has 1 aliphatic rings. The minimum atomic E-state index is -0.191. The Hall–Kier alpha value is -1.35. The van der Waals surface area contributed by atoms with Crippen LogP contribution in [-0.4, -0.2) is 11.8 Å². The van der Waals surface area contributed by atoms with Gasteiger partial charge in [0.15, 0.2) is 0 Å². The van der Waals surface area contributed by atoms with Crippen LogP contribution >= 0.6 is 11.6 Å². The molecule has 1 aliphatic heterocycles. The summed E-state index contributed by atoms with van der Waals surface area (Å²) in [5, 5.41) is 3.08. The van der Waals surface area contributed by atoms with Crippen molar-refractivity contribution in [1.82, 2.24) is 5.32 Å². The molecule has 0 radical (unpaired) electrons. The van der Waals surface area contributed by atoms with Crippen LogP contribution in [0.2, 0.25) is 5.02 Å². The molecule has 1 saturated heterocycles. The van der Waals surface area contributed by atoms with Crippen molar-refractivity contribution in [2.45, 2.75) is 32.6 Å². The number of amides is 2. The van der Waals surface area contributed by atoms with Crippen molar-refractivity contribution in [2.75, 3.05) is 0 Å². The van der Waals surface area contributed by atoms with Crippen LogP contribution in [0.1, 0.15) is 36.8 Å². The molecule has 0 spiro atoms. The number of rotatable bonds is 2. The Morgan fingerprint density at radius 3 is 2.72 bits per heavy atom. The molecule has 1 aromatic rings. The zero-order chi connectivity index (χ0) is 13.3. The SMILES string of the molecule is CCC1C(=O)NC(=O)CC1c1ccc(Cl)cc1C. The summed E-state index contributed by atoms with van der Waals surface area (Å²) in [6, 6.07) is 5.62. The molecule has 4 heteroatoms. The second kappa shape index (κ2) is 5.11. The van der Waals surface area contributed by atoms with Gasteiger partial charge in [-0.05, 0) is 36.6 Å². The molecular weight excluding hydrogens is 250 g/mol. The van der Waals surface area contributed by atoms with Crippen LogP contribution in [0.3, 0.4) is 0 Å². The molecule has 1 heterocycles. The minimum absolute atomic E-state index is 0.0338. The summed E-state index contributed by atoms with van der Waals surface area (Å²) in [5.74, 6) is -0.520. The molecule has 2 atom stereocenters. The van der Waals surface area contributed by atoms with Gasteiger partial charge in [0.2, 0.25) is 11.8 Å². The summed E-state index contributed by atoms with van der Waals surface area (Å²) in [5.41, 5.74) is 2.09. The average Bonchev–Trinajstić information content (AvgIpc) is 2.28. The van der Waals surface area contributed by atoms with Gasteiger partial charge in [0, 0.05) is 23.3 Å². The molecular formula is C14H16ClNO2. The van der Waals surface area contributed by atoms with Crippen molar-refractivity contribution in [3.05, 3.63) is 34.3 Å². The van der Waals surface area contributed by atoms with Crippen LogP contribution in [0.5, 0.6) is 0 Å². The van der Waals surface area contributed by atoms with Gasteiger partial charge in [0.25, 0.3) is 0 Å². The summed E-state index contributed by atoms with van der Waals surface area (Å²) in [4.78, 5) is 23.4. The summed E-state index contributed by atoms with van der Waals surface area (Å²) in [7, 11) is 0. The first-order chi connectivity index (χ1) is 8.52. The van der Waals surface area contributed by atoms with Crippen LogP contribution in [-0.2, 0) is 9.59 Å². The van der Waals surface area contributed by atoms with Crippen molar-refractivity contribution in [2.24, 2.45) is 5.92 Å². The molecule has 0 aliphatic carbocycles. The number of benzene rings is 1. The van der Waals surface area contributed by atoms with Gasteiger partial charge < -0.3 is 0 Å². The van der Waals surface area contributed by atoms with Gasteiger partial charge in [0.1, 0.15) is 0 Å². The second-order valence-electron chi connectivity index (χ2n) is 4.74. The number of hydrogen-bond acceptors (Lipinski definition) is 2. The molecule has 0 saturated carbocycles. The largest absolute Gasteiger partial charge is 0.296 e. The standard InChI is InChI=1S/C14H16ClNO2/c1-3-10-12(7-13(17)16-14(10)18)11-5-4-9(15)6-8(11)2/h4-6,10,12H,3,7H2,1-2H3,(H,16,17,18). The summed E-state index contributed by atoms with van der Waals surface area (Å²) >= 11 is 5.94. The highest BCUT2D eigenvalue weighted by Gasteiger charge is 2.36. The number of nitrogens with one attached hydrogen (secondary N) is 1. The number of halogens is 1. The lowest BCUT2D eigenvalue weighted by Crippen LogP contribution is -2.44. The predicted octanol–water partition coefficient (Wildman–Crippen LogP) is 2.80. The lowest BCUT2D eigenvalue weighted by atomic mass is 9.77. The van der Waals surface area contributed by atoms with E-state index in [2.05, 4.69) is 5.32 Å². The van der Waals surface area contributed by atoms with Gasteiger partial charge in [0.05, 0.1) is 0 Å². The lowest BCUT2D eigenvalue weighted by Gasteiger charge is -2.30. The fourth-order valence-corrected chi connectivity index (χ4v) is 2.88. The Kier molecular flexibility index (Phi) is 3.71. The first-order valence-electron chi connectivity index (χ1n) is 6.12. The third-order valence-corrected chi connectivity index (χ3v) is 3.80. The highest BCUT2D eigenvalue weighted by atomic mass is 35.5. The molecule has 3 nitrogen and oxygen atoms in total. The van der Waals surface area contributed by atoms with Gasteiger partial charge in [-0.2, -0.15) is 0 Å². The lowest BCUT2D eigenvalue weighted by molar-refractivity contribution is -0.137. The maximum Gasteiger partial charge on any atom is 0.230 e. The Labute approximate surface area is 112 Å². The molecule has 1 aromatic carbocycles. The smallest absolute Gasteiger partial charge is 0.230 e. The van der Waals surface area contributed by atoms with Crippen LogP contribution in [0.15, 0.2) is 18.2 Å². The van der Waals surface area contributed by atoms with Gasteiger partial charge in [-0.25, -0.2) is 0 Å². The van der Waals surface area contributed by atoms with E-state index in [4.69, 9.17) is 11.6 Å². The summed E-state index contributed by atoms with van der Waals surface area (Å²) in [6.07, 6.45) is 1.10. The van der Waals surface area contributed by atoms with Gasteiger partial charge >= 0.3 is 0 Å². The van der Waals surface area contributed by atoms with Gasteiger partial charge in [-0.3, -0.25) is 14.9 Å². The number of piperidine rings is 1. The van der Waals surface area contributed by atoms with Crippen LogP contribution in [0, 0.1) is 12.8 Å². The van der Waals surface area contributed by atoms with E-state index in [1.165, 1.54) is 0 Å². The number of hydrogen-bond donors (Lipinski definition) is 1. The van der Waals surface area contributed by atoms with Crippen molar-refractivity contribution >= 4 is 23.4 Å². The van der Waals surface area contributed by atoms with Crippen molar-refractivity contribution in [3.8, 4) is 0 Å². The molecule has 0 bridgehead atoms. The van der Waals surface area contributed by atoms with E-state index < -0.39 is 0 Å². The van der Waals surface area contributed by atoms with Crippen LogP contribution in [0.25, 0.3) is 0 Å². The summed E-state index contributed by atoms with van der Waals surface area (Å²) in [6.45, 7) is 3.93. The topological polar surface area (TPSA) is 46.2 Å². The second-order valence-corrected chi connectivity index (χ2v) is 5.18. The van der Waals surface area contributed by atoms with Crippen LogP contribution in [0.4, 0.5) is 0 Å². The fourth-order valence-electron chi connectivity index (χ4n) is 2.66. The normalized spacial score (nSPS) is 23.9. The fraction of sp³-hybridized carbons (Fsp3) is 0.429. The molecule has 1 fully saturated rings. The first-order valence-corrected chi connectivity index (χ1v) is 6.50. The van der Waals surface area contributed by atoms with Crippen LogP contribution < -0.4 is 5.32 Å². The van der Waals surface area contributed by atoms with Crippen molar-refractivity contribution < 1.29 is 9.59 Å². The zero-order valence-electron chi connectivity index (χ0n) is 10.5. The molecule has 18 heavy (non-hydrogen) atoms. The molecule has 1 N–H and O–H groups in total. The van der Waals surface area contributed by atoms with Gasteiger partial charge in [-0.1, -0.05) is 24.6 Å². The van der Waals surface area contributed by atoms with Crippen molar-refractivity contribution in [1.29, 1.82) is 0 Å². The van der Waals surface area contributed by atoms with E-state index in [0.29, 0.717) is 11.4 Å². The third-order valence-electron chi connectivity index (χ3n) is 3.56. The Bertz CT molecular complexity index is 499. The molecule has 2 rings (SSSR count). The highest BCUT2D eigenvalue weighted by Crippen LogP contribution is 2.35. The monoisotopic (exact) mass is 265 g/mol. The van der Waals surface area contributed by atoms with Crippen molar-refractivity contribution in [3.63, 3.8) is 0 Å². The summed E-state index contributed by atoms with van der Waals surface area (Å²) < 4.78 is 0. The Morgan fingerprint density at radius 2 is 2.11 bits per heavy atom. The van der Waals surface area contributed by atoms with E-state index in [9.17, 15) is 9.59 Å². The molecule has 96 valence electrons. The Balaban J connectivity index is 2.39. The number of carbonyl (C=O) groups is 2. The third kappa shape index (κ3) is 2.41. The van der Waals surface area contributed by atoms with E-state index >= 15 is 0 Å². The maximum atomic E-state index is 11.8. The quantitative estimate of drug-likeness (QED) is 0.836. The van der Waals surface area contributed by atoms with E-state index in [1.807, 2.05) is 32.0 Å². The highest BCUT2D eigenvalue weighted by molar-refractivity contribution is 6.30. The van der Waals surface area contributed by atoms with Gasteiger partial charge in [-0.15, -0.1) is 0 Å². The zero-order valence-corrected chi connectivity index (χ0v) is 11.3. The predicted molar refractivity (Wildman–Crippen MR) is 70.5 cm³/mol. The molecule has 0 aromatic heterocycles. The number of carbonyl (C=O) groups excluding carboxylic acids is 2. The first kappa shape index (κ1) is 13.1. The maximum absolute atomic E-state index is 11.8. The molecule has 2 unspecified atom stereocenters. The van der Waals surface area contributed by atoms with E-state index in [0.717, 1.165) is 17.5 Å². The average molecular weight is 266 g/mol. The minimum Gasteiger partial charge on any atom is -0.296 e. The number of imide groups is 1. The molecule has 2 amide bonds.